The van der Waals surface area contributed by atoms with E-state index in [-0.39, 0.29) is 24.0 Å². The number of aliphatic imine (C=N–C) groups is 1. The lowest BCUT2D eigenvalue weighted by Gasteiger charge is -2.33. The van der Waals surface area contributed by atoms with Crippen LogP contribution >= 0.6 is 24.0 Å². The number of nitrogens with zero attached hydrogens (tertiary/aromatic N) is 2. The molecule has 0 aliphatic carbocycles. The van der Waals surface area contributed by atoms with Gasteiger partial charge in [0.05, 0.1) is 25.9 Å². The molecule has 22 heavy (non-hydrogen) atoms. The standard InChI is InChI=1S/C16H31N3O2.HI/c1-3-17-16(19-9-6-14(2)7-10-19)18-8-12-20-13-15-5-4-11-21-15;/h14-15H,3-13H2,1-2H3,(H,17,18);1H. The summed E-state index contributed by atoms with van der Waals surface area (Å²) in [6.45, 7) is 10.6. The van der Waals surface area contributed by atoms with Crippen molar-refractivity contribution >= 4 is 29.9 Å². The van der Waals surface area contributed by atoms with E-state index in [4.69, 9.17) is 14.5 Å². The Morgan fingerprint density at radius 1 is 1.32 bits per heavy atom. The van der Waals surface area contributed by atoms with Crippen LogP contribution in [0.2, 0.25) is 0 Å². The van der Waals surface area contributed by atoms with Gasteiger partial charge in [0.1, 0.15) is 0 Å². The molecule has 2 aliphatic rings. The van der Waals surface area contributed by atoms with E-state index in [9.17, 15) is 0 Å². The highest BCUT2D eigenvalue weighted by atomic mass is 127. The predicted octanol–water partition coefficient (Wildman–Crippen LogP) is 2.50. The Bertz CT molecular complexity index is 315. The molecule has 5 nitrogen and oxygen atoms in total. The van der Waals surface area contributed by atoms with Gasteiger partial charge in [-0.25, -0.2) is 0 Å². The van der Waals surface area contributed by atoms with E-state index < -0.39 is 0 Å². The van der Waals surface area contributed by atoms with Crippen LogP contribution in [0.25, 0.3) is 0 Å². The molecule has 1 unspecified atom stereocenters. The number of halogens is 1. The van der Waals surface area contributed by atoms with Gasteiger partial charge in [0.2, 0.25) is 0 Å². The number of nitrogens with one attached hydrogen (secondary N) is 1. The van der Waals surface area contributed by atoms with Gasteiger partial charge in [0.15, 0.2) is 5.96 Å². The lowest BCUT2D eigenvalue weighted by molar-refractivity contribution is 0.0199. The molecule has 0 amide bonds. The molecular formula is C16H32IN3O2. The smallest absolute Gasteiger partial charge is 0.193 e. The minimum atomic E-state index is 0. The summed E-state index contributed by atoms with van der Waals surface area (Å²) in [4.78, 5) is 7.07. The summed E-state index contributed by atoms with van der Waals surface area (Å²) in [5.41, 5.74) is 0. The summed E-state index contributed by atoms with van der Waals surface area (Å²) in [5.74, 6) is 1.89. The van der Waals surface area contributed by atoms with Crippen LogP contribution in [0.4, 0.5) is 0 Å². The molecular weight excluding hydrogens is 393 g/mol. The fraction of sp³-hybridized carbons (Fsp3) is 0.938. The Balaban J connectivity index is 0.00000242. The highest BCUT2D eigenvalue weighted by Gasteiger charge is 2.18. The van der Waals surface area contributed by atoms with E-state index in [0.29, 0.717) is 19.3 Å². The van der Waals surface area contributed by atoms with Crippen LogP contribution < -0.4 is 5.32 Å². The molecule has 2 aliphatic heterocycles. The summed E-state index contributed by atoms with van der Waals surface area (Å²) in [5, 5.41) is 3.39. The lowest BCUT2D eigenvalue weighted by atomic mass is 10.00. The number of rotatable bonds is 6. The molecule has 0 bridgehead atoms. The molecule has 2 fully saturated rings. The van der Waals surface area contributed by atoms with Crippen molar-refractivity contribution in [2.45, 2.75) is 45.6 Å². The van der Waals surface area contributed by atoms with Crippen molar-refractivity contribution in [3.63, 3.8) is 0 Å². The number of likely N-dealkylation sites (tertiary alicyclic amines) is 1. The maximum atomic E-state index is 5.67. The maximum absolute atomic E-state index is 5.67. The van der Waals surface area contributed by atoms with E-state index in [1.54, 1.807) is 0 Å². The Morgan fingerprint density at radius 2 is 2.09 bits per heavy atom. The highest BCUT2D eigenvalue weighted by molar-refractivity contribution is 14.0. The molecule has 6 heteroatoms. The predicted molar refractivity (Wildman–Crippen MR) is 101 cm³/mol. The molecule has 1 N–H and O–H groups in total. The van der Waals surface area contributed by atoms with Crippen molar-refractivity contribution in [1.82, 2.24) is 10.2 Å². The summed E-state index contributed by atoms with van der Waals surface area (Å²) in [6.07, 6.45) is 5.15. The lowest BCUT2D eigenvalue weighted by Crippen LogP contribution is -2.45. The molecule has 2 saturated heterocycles. The van der Waals surface area contributed by atoms with Crippen molar-refractivity contribution in [2.75, 3.05) is 46.0 Å². The van der Waals surface area contributed by atoms with Gasteiger partial charge in [0, 0.05) is 26.2 Å². The zero-order valence-electron chi connectivity index (χ0n) is 14.1. The minimum Gasteiger partial charge on any atom is -0.377 e. The topological polar surface area (TPSA) is 46.1 Å². The van der Waals surface area contributed by atoms with Gasteiger partial charge in [-0.3, -0.25) is 4.99 Å². The Hall–Kier alpha value is -0.0800. The number of piperidine rings is 1. The first-order valence-corrected chi connectivity index (χ1v) is 8.52. The SMILES string of the molecule is CCNC(=NCCOCC1CCCO1)N1CCC(C)CC1.I. The Kier molecular flexibility index (Phi) is 10.4. The fourth-order valence-electron chi connectivity index (χ4n) is 2.85. The number of hydrogen-bond donors (Lipinski definition) is 1. The van der Waals surface area contributed by atoms with E-state index in [1.807, 2.05) is 0 Å². The summed E-state index contributed by atoms with van der Waals surface area (Å²) in [6, 6.07) is 0. The first-order valence-electron chi connectivity index (χ1n) is 8.52. The molecule has 130 valence electrons. The van der Waals surface area contributed by atoms with Crippen LogP contribution in [0, 0.1) is 5.92 Å². The van der Waals surface area contributed by atoms with Crippen LogP contribution in [0.1, 0.15) is 39.5 Å². The number of hydrogen-bond acceptors (Lipinski definition) is 3. The molecule has 2 rings (SSSR count). The normalized spacial score (nSPS) is 23.5. The second-order valence-electron chi connectivity index (χ2n) is 6.12. The van der Waals surface area contributed by atoms with Gasteiger partial charge in [-0.2, -0.15) is 0 Å². The van der Waals surface area contributed by atoms with Gasteiger partial charge < -0.3 is 19.7 Å². The van der Waals surface area contributed by atoms with E-state index >= 15 is 0 Å². The number of guanidine groups is 1. The Labute approximate surface area is 152 Å². The fourth-order valence-corrected chi connectivity index (χ4v) is 2.85. The summed E-state index contributed by atoms with van der Waals surface area (Å²) in [7, 11) is 0. The minimum absolute atomic E-state index is 0. The second kappa shape index (κ2) is 11.5. The second-order valence-corrected chi connectivity index (χ2v) is 6.12. The van der Waals surface area contributed by atoms with Gasteiger partial charge in [0.25, 0.3) is 0 Å². The molecule has 0 aromatic carbocycles. The zero-order valence-corrected chi connectivity index (χ0v) is 16.4. The Morgan fingerprint density at radius 3 is 2.73 bits per heavy atom. The quantitative estimate of drug-likeness (QED) is 0.308. The van der Waals surface area contributed by atoms with E-state index in [0.717, 1.165) is 51.1 Å². The molecule has 0 saturated carbocycles. The third-order valence-corrected chi connectivity index (χ3v) is 4.24. The van der Waals surface area contributed by atoms with Crippen LogP contribution in [0.15, 0.2) is 4.99 Å². The molecule has 1 atom stereocenters. The molecule has 0 aromatic rings. The summed E-state index contributed by atoms with van der Waals surface area (Å²) >= 11 is 0. The average molecular weight is 425 g/mol. The highest BCUT2D eigenvalue weighted by Crippen LogP contribution is 2.16. The molecule has 0 spiro atoms. The first-order chi connectivity index (χ1) is 10.3. The van der Waals surface area contributed by atoms with Gasteiger partial charge in [-0.05, 0) is 38.5 Å². The van der Waals surface area contributed by atoms with Gasteiger partial charge >= 0.3 is 0 Å². The van der Waals surface area contributed by atoms with Crippen molar-refractivity contribution in [3.05, 3.63) is 0 Å². The van der Waals surface area contributed by atoms with Crippen LogP contribution in [0.5, 0.6) is 0 Å². The third kappa shape index (κ3) is 7.00. The van der Waals surface area contributed by atoms with Crippen molar-refractivity contribution < 1.29 is 9.47 Å². The first kappa shape index (κ1) is 20.0. The molecule has 2 heterocycles. The van der Waals surface area contributed by atoms with Crippen LogP contribution in [-0.2, 0) is 9.47 Å². The van der Waals surface area contributed by atoms with Crippen LogP contribution in [-0.4, -0.2) is 63.0 Å². The maximum Gasteiger partial charge on any atom is 0.193 e. The monoisotopic (exact) mass is 425 g/mol. The van der Waals surface area contributed by atoms with E-state index in [1.165, 1.54) is 19.3 Å². The van der Waals surface area contributed by atoms with Crippen LogP contribution in [0.3, 0.4) is 0 Å². The molecule has 0 aromatic heterocycles. The third-order valence-electron chi connectivity index (χ3n) is 4.24. The van der Waals surface area contributed by atoms with Crippen molar-refractivity contribution in [2.24, 2.45) is 10.9 Å². The van der Waals surface area contributed by atoms with Gasteiger partial charge in [-0.1, -0.05) is 6.92 Å². The van der Waals surface area contributed by atoms with Gasteiger partial charge in [-0.15, -0.1) is 24.0 Å². The van der Waals surface area contributed by atoms with Crippen molar-refractivity contribution in [3.8, 4) is 0 Å². The van der Waals surface area contributed by atoms with Crippen molar-refractivity contribution in [1.29, 1.82) is 0 Å². The van der Waals surface area contributed by atoms with E-state index in [2.05, 4.69) is 24.1 Å². The average Bonchev–Trinajstić information content (AvgIpc) is 3.00. The largest absolute Gasteiger partial charge is 0.377 e. The zero-order chi connectivity index (χ0) is 14.9. The molecule has 0 radical (unpaired) electrons. The summed E-state index contributed by atoms with van der Waals surface area (Å²) < 4.78 is 11.2. The number of ether oxygens (including phenoxy) is 2.